The second-order valence-electron chi connectivity index (χ2n) is 4.36. The number of anilines is 1. The summed E-state index contributed by atoms with van der Waals surface area (Å²) in [5.41, 5.74) is 5.40. The Labute approximate surface area is 123 Å². The van der Waals surface area contributed by atoms with Gasteiger partial charge in [0.05, 0.1) is 18.2 Å². The molecule has 0 aromatic carbocycles. The molecule has 0 unspecified atom stereocenters. The molecule has 0 radical (unpaired) electrons. The third-order valence-electron chi connectivity index (χ3n) is 3.05. The van der Waals surface area contributed by atoms with E-state index in [-0.39, 0.29) is 16.9 Å². The fourth-order valence-electron chi connectivity index (χ4n) is 1.94. The fraction of sp³-hybridized carbons (Fsp3) is 0. The third kappa shape index (κ3) is 2.06. The summed E-state index contributed by atoms with van der Waals surface area (Å²) in [5, 5.41) is 12.5. The van der Waals surface area contributed by atoms with Crippen LogP contribution >= 0.6 is 0 Å². The van der Waals surface area contributed by atoms with E-state index in [1.165, 1.54) is 18.5 Å². The van der Waals surface area contributed by atoms with Gasteiger partial charge >= 0.3 is 0 Å². The van der Waals surface area contributed by atoms with Gasteiger partial charge in [0.2, 0.25) is 0 Å². The topological polar surface area (TPSA) is 131 Å². The van der Waals surface area contributed by atoms with Crippen LogP contribution in [-0.2, 0) is 0 Å². The van der Waals surface area contributed by atoms with Crippen molar-refractivity contribution in [1.29, 1.82) is 5.26 Å². The molecule has 0 saturated carbocycles. The van der Waals surface area contributed by atoms with Crippen LogP contribution in [0.5, 0.6) is 0 Å². The standard InChI is InChI=1S/C14H9N5O3/c15-6-8-7-17-19(12(8)16)14(21)9-3-4-10(18-13(9)20)11-2-1-5-22-11/h1-5,7H,16H2,(H,18,20). The Morgan fingerprint density at radius 3 is 2.82 bits per heavy atom. The van der Waals surface area contributed by atoms with Gasteiger partial charge in [-0.05, 0) is 24.3 Å². The first kappa shape index (κ1) is 13.4. The Balaban J connectivity index is 2.02. The Hall–Kier alpha value is -3.60. The van der Waals surface area contributed by atoms with E-state index in [2.05, 4.69) is 10.1 Å². The summed E-state index contributed by atoms with van der Waals surface area (Å²) in [6.45, 7) is 0. The summed E-state index contributed by atoms with van der Waals surface area (Å²) < 4.78 is 5.98. The normalized spacial score (nSPS) is 10.3. The number of H-pyrrole nitrogens is 1. The molecule has 3 N–H and O–H groups in total. The van der Waals surface area contributed by atoms with Crippen LogP contribution in [-0.4, -0.2) is 20.7 Å². The van der Waals surface area contributed by atoms with Crippen LogP contribution < -0.4 is 11.3 Å². The molecule has 3 aromatic heterocycles. The monoisotopic (exact) mass is 295 g/mol. The van der Waals surface area contributed by atoms with Gasteiger partial charge < -0.3 is 15.1 Å². The lowest BCUT2D eigenvalue weighted by atomic mass is 10.2. The van der Waals surface area contributed by atoms with Gasteiger partial charge in [0, 0.05) is 0 Å². The molecule has 8 nitrogen and oxygen atoms in total. The molecule has 0 bridgehead atoms. The van der Waals surface area contributed by atoms with E-state index in [0.717, 1.165) is 4.68 Å². The number of rotatable bonds is 2. The maximum atomic E-state index is 12.3. The minimum Gasteiger partial charge on any atom is -0.463 e. The predicted octanol–water partition coefficient (Wildman–Crippen LogP) is 0.974. The Morgan fingerprint density at radius 1 is 1.41 bits per heavy atom. The highest BCUT2D eigenvalue weighted by molar-refractivity contribution is 5.97. The van der Waals surface area contributed by atoms with Gasteiger partial charge in [0.1, 0.15) is 28.8 Å². The number of aromatic nitrogens is 3. The number of nitrogens with zero attached hydrogens (tertiary/aromatic N) is 3. The lowest BCUT2D eigenvalue weighted by Crippen LogP contribution is -2.24. The van der Waals surface area contributed by atoms with Crippen LogP contribution in [0.2, 0.25) is 0 Å². The molecule has 0 fully saturated rings. The zero-order chi connectivity index (χ0) is 15.7. The lowest BCUT2D eigenvalue weighted by Gasteiger charge is -2.03. The number of carbonyl (C=O) groups is 1. The minimum atomic E-state index is -0.716. The van der Waals surface area contributed by atoms with E-state index < -0.39 is 11.5 Å². The summed E-state index contributed by atoms with van der Waals surface area (Å²) in [4.78, 5) is 26.9. The molecule has 0 saturated heterocycles. The van der Waals surface area contributed by atoms with Crippen LogP contribution in [0.25, 0.3) is 11.5 Å². The third-order valence-corrected chi connectivity index (χ3v) is 3.05. The van der Waals surface area contributed by atoms with Gasteiger partial charge in [-0.3, -0.25) is 9.59 Å². The predicted molar refractivity (Wildman–Crippen MR) is 75.8 cm³/mol. The molecular weight excluding hydrogens is 286 g/mol. The van der Waals surface area contributed by atoms with Crippen molar-refractivity contribution >= 4 is 11.7 Å². The van der Waals surface area contributed by atoms with Crippen LogP contribution in [0.3, 0.4) is 0 Å². The van der Waals surface area contributed by atoms with Crippen molar-refractivity contribution in [1.82, 2.24) is 14.8 Å². The van der Waals surface area contributed by atoms with Gasteiger partial charge in [-0.15, -0.1) is 0 Å². The van der Waals surface area contributed by atoms with Crippen LogP contribution in [0, 0.1) is 11.3 Å². The van der Waals surface area contributed by atoms with Crippen molar-refractivity contribution in [3.05, 3.63) is 58.2 Å². The number of hydrogen-bond acceptors (Lipinski definition) is 6. The van der Waals surface area contributed by atoms with Crippen LogP contribution in [0.15, 0.2) is 45.9 Å². The molecule has 0 aliphatic rings. The smallest absolute Gasteiger partial charge is 0.285 e. The Bertz CT molecular complexity index is 944. The molecule has 0 spiro atoms. The van der Waals surface area contributed by atoms with E-state index in [1.807, 2.05) is 0 Å². The molecule has 22 heavy (non-hydrogen) atoms. The number of pyridine rings is 1. The van der Waals surface area contributed by atoms with E-state index in [4.69, 9.17) is 15.4 Å². The molecule has 0 atom stereocenters. The summed E-state index contributed by atoms with van der Waals surface area (Å²) in [6.07, 6.45) is 2.64. The number of aromatic amines is 1. The highest BCUT2D eigenvalue weighted by Crippen LogP contribution is 2.16. The summed E-state index contributed by atoms with van der Waals surface area (Å²) in [6, 6.07) is 8.06. The summed E-state index contributed by atoms with van der Waals surface area (Å²) in [5.74, 6) is -0.352. The second kappa shape index (κ2) is 5.06. The average molecular weight is 295 g/mol. The molecule has 0 amide bonds. The van der Waals surface area contributed by atoms with Crippen molar-refractivity contribution in [2.75, 3.05) is 5.73 Å². The zero-order valence-corrected chi connectivity index (χ0v) is 11.1. The molecular formula is C14H9N5O3. The Kier molecular flexibility index (Phi) is 3.08. The first-order chi connectivity index (χ1) is 10.6. The largest absolute Gasteiger partial charge is 0.463 e. The van der Waals surface area contributed by atoms with Crippen molar-refractivity contribution in [3.8, 4) is 17.5 Å². The number of nitrogen functional groups attached to an aromatic ring is 1. The average Bonchev–Trinajstić information content (AvgIpc) is 3.16. The number of carbonyl (C=O) groups excluding carboxylic acids is 1. The first-order valence-corrected chi connectivity index (χ1v) is 6.17. The summed E-state index contributed by atoms with van der Waals surface area (Å²) >= 11 is 0. The van der Waals surface area contributed by atoms with E-state index in [1.54, 1.807) is 24.3 Å². The number of hydrogen-bond donors (Lipinski definition) is 2. The van der Waals surface area contributed by atoms with Crippen molar-refractivity contribution in [3.63, 3.8) is 0 Å². The highest BCUT2D eigenvalue weighted by atomic mass is 16.3. The summed E-state index contributed by atoms with van der Waals surface area (Å²) in [7, 11) is 0. The maximum Gasteiger partial charge on any atom is 0.285 e. The van der Waals surface area contributed by atoms with E-state index >= 15 is 0 Å². The molecule has 108 valence electrons. The lowest BCUT2D eigenvalue weighted by molar-refractivity contribution is 0.0946. The number of furan rings is 1. The quantitative estimate of drug-likeness (QED) is 0.724. The van der Waals surface area contributed by atoms with Crippen molar-refractivity contribution in [2.24, 2.45) is 0 Å². The fourth-order valence-corrected chi connectivity index (χ4v) is 1.94. The molecule has 0 aliphatic carbocycles. The number of nitrogens with one attached hydrogen (secondary N) is 1. The molecule has 3 rings (SSSR count). The van der Waals surface area contributed by atoms with Gasteiger partial charge in [0.15, 0.2) is 0 Å². The van der Waals surface area contributed by atoms with Crippen molar-refractivity contribution in [2.45, 2.75) is 0 Å². The molecule has 3 heterocycles. The van der Waals surface area contributed by atoms with Crippen LogP contribution in [0.4, 0.5) is 5.82 Å². The first-order valence-electron chi connectivity index (χ1n) is 6.17. The minimum absolute atomic E-state index is 0.0667. The van der Waals surface area contributed by atoms with E-state index in [0.29, 0.717) is 11.5 Å². The maximum absolute atomic E-state index is 12.3. The Morgan fingerprint density at radius 2 is 2.23 bits per heavy atom. The number of nitriles is 1. The molecule has 8 heteroatoms. The van der Waals surface area contributed by atoms with Gasteiger partial charge in [-0.2, -0.15) is 15.0 Å². The molecule has 3 aromatic rings. The van der Waals surface area contributed by atoms with Crippen LogP contribution in [0.1, 0.15) is 15.9 Å². The van der Waals surface area contributed by atoms with Gasteiger partial charge in [-0.1, -0.05) is 0 Å². The van der Waals surface area contributed by atoms with Gasteiger partial charge in [-0.25, -0.2) is 0 Å². The van der Waals surface area contributed by atoms with Crippen molar-refractivity contribution < 1.29 is 9.21 Å². The van der Waals surface area contributed by atoms with E-state index in [9.17, 15) is 9.59 Å². The zero-order valence-electron chi connectivity index (χ0n) is 11.1. The molecule has 0 aliphatic heterocycles. The SMILES string of the molecule is N#Cc1cnn(C(=O)c2ccc(-c3ccco3)[nH]c2=O)c1N. The second-order valence-corrected chi connectivity index (χ2v) is 4.36. The number of nitrogens with two attached hydrogens (primary N) is 1. The highest BCUT2D eigenvalue weighted by Gasteiger charge is 2.19. The van der Waals surface area contributed by atoms with Gasteiger partial charge in [0.25, 0.3) is 11.5 Å².